The first kappa shape index (κ1) is 11.0. The maximum absolute atomic E-state index is 5.05. The molecule has 0 amide bonds. The second-order valence-electron chi connectivity index (χ2n) is 3.80. The first-order valence-electron chi connectivity index (χ1n) is 5.36. The van der Waals surface area contributed by atoms with E-state index < -0.39 is 0 Å². The molecule has 3 heteroatoms. The van der Waals surface area contributed by atoms with Gasteiger partial charge in [-0.3, -0.25) is 0 Å². The summed E-state index contributed by atoms with van der Waals surface area (Å²) >= 11 is 5.05. The van der Waals surface area contributed by atoms with Gasteiger partial charge in [0.15, 0.2) is 4.77 Å². The summed E-state index contributed by atoms with van der Waals surface area (Å²) in [7, 11) is 0. The fourth-order valence-corrected chi connectivity index (χ4v) is 1.86. The van der Waals surface area contributed by atoms with Crippen LogP contribution in [0.1, 0.15) is 18.1 Å². The van der Waals surface area contributed by atoms with Gasteiger partial charge in [-0.25, -0.2) is 4.98 Å². The molecule has 82 valence electrons. The van der Waals surface area contributed by atoms with Crippen molar-refractivity contribution in [2.75, 3.05) is 0 Å². The third kappa shape index (κ3) is 2.19. The van der Waals surface area contributed by atoms with Crippen molar-refractivity contribution in [1.29, 1.82) is 0 Å². The molecule has 0 saturated heterocycles. The van der Waals surface area contributed by atoms with Gasteiger partial charge in [-0.05, 0) is 48.3 Å². The molecular formula is C13H14N2S. The fourth-order valence-electron chi connectivity index (χ4n) is 1.70. The van der Waals surface area contributed by atoms with Crippen molar-refractivity contribution >= 4 is 12.2 Å². The number of H-pyrrole nitrogens is 1. The number of aromatic amines is 1. The van der Waals surface area contributed by atoms with Gasteiger partial charge in [0.2, 0.25) is 0 Å². The van der Waals surface area contributed by atoms with E-state index in [0.29, 0.717) is 4.77 Å². The van der Waals surface area contributed by atoms with Crippen LogP contribution in [0.2, 0.25) is 0 Å². The molecule has 2 nitrogen and oxygen atoms in total. The lowest BCUT2D eigenvalue weighted by Crippen LogP contribution is -1.92. The highest BCUT2D eigenvalue weighted by molar-refractivity contribution is 7.71. The molecule has 1 N–H and O–H groups in total. The summed E-state index contributed by atoms with van der Waals surface area (Å²) in [5, 5.41) is 0. The highest BCUT2D eigenvalue weighted by Gasteiger charge is 2.02. The molecule has 2 aromatic rings. The second-order valence-corrected chi connectivity index (χ2v) is 4.19. The van der Waals surface area contributed by atoms with E-state index in [1.165, 1.54) is 11.1 Å². The molecule has 0 aliphatic heterocycles. The monoisotopic (exact) mass is 230 g/mol. The summed E-state index contributed by atoms with van der Waals surface area (Å²) in [6.07, 6.45) is 2.85. The number of hydrogen-bond donors (Lipinski definition) is 1. The van der Waals surface area contributed by atoms with E-state index in [1.807, 2.05) is 13.1 Å². The Hall–Kier alpha value is -1.48. The van der Waals surface area contributed by atoms with E-state index in [2.05, 4.69) is 41.2 Å². The molecule has 0 spiro atoms. The quantitative estimate of drug-likeness (QED) is 0.797. The molecule has 0 fully saturated rings. The van der Waals surface area contributed by atoms with Crippen molar-refractivity contribution in [3.63, 3.8) is 0 Å². The average Bonchev–Trinajstić information content (AvgIpc) is 2.32. The van der Waals surface area contributed by atoms with Gasteiger partial charge in [0, 0.05) is 6.20 Å². The topological polar surface area (TPSA) is 28.7 Å². The molecule has 0 radical (unpaired) electrons. The molecule has 0 aliphatic carbocycles. The zero-order valence-electron chi connectivity index (χ0n) is 9.45. The van der Waals surface area contributed by atoms with Gasteiger partial charge in [-0.1, -0.05) is 25.1 Å². The number of nitrogens with zero attached hydrogens (tertiary/aromatic N) is 1. The molecular weight excluding hydrogens is 216 g/mol. The van der Waals surface area contributed by atoms with Crippen LogP contribution in [0.25, 0.3) is 11.3 Å². The van der Waals surface area contributed by atoms with Crippen LogP contribution in [0.3, 0.4) is 0 Å². The normalized spacial score (nSPS) is 10.4. The molecule has 16 heavy (non-hydrogen) atoms. The average molecular weight is 230 g/mol. The van der Waals surface area contributed by atoms with Crippen LogP contribution < -0.4 is 0 Å². The third-order valence-electron chi connectivity index (χ3n) is 2.63. The summed E-state index contributed by atoms with van der Waals surface area (Å²) in [5.74, 6) is 0. The van der Waals surface area contributed by atoms with Gasteiger partial charge in [0.25, 0.3) is 0 Å². The molecule has 1 heterocycles. The first-order chi connectivity index (χ1) is 7.70. The number of aryl methyl sites for hydroxylation is 2. The van der Waals surface area contributed by atoms with Crippen LogP contribution in [0, 0.1) is 11.7 Å². The molecule has 0 aliphatic rings. The van der Waals surface area contributed by atoms with Crippen molar-refractivity contribution in [3.8, 4) is 11.3 Å². The summed E-state index contributed by atoms with van der Waals surface area (Å²) in [5.41, 5.74) is 4.68. The van der Waals surface area contributed by atoms with Crippen molar-refractivity contribution in [1.82, 2.24) is 9.97 Å². The molecule has 0 unspecified atom stereocenters. The van der Waals surface area contributed by atoms with Crippen LogP contribution in [-0.2, 0) is 6.42 Å². The smallest absolute Gasteiger partial charge is 0.197 e. The number of benzene rings is 1. The van der Waals surface area contributed by atoms with E-state index in [9.17, 15) is 0 Å². The first-order valence-corrected chi connectivity index (χ1v) is 5.76. The van der Waals surface area contributed by atoms with Crippen LogP contribution in [-0.4, -0.2) is 9.97 Å². The Bertz CT molecular complexity index is 558. The van der Waals surface area contributed by atoms with Gasteiger partial charge >= 0.3 is 0 Å². The minimum atomic E-state index is 0.530. The maximum atomic E-state index is 5.05. The highest BCUT2D eigenvalue weighted by atomic mass is 32.1. The van der Waals surface area contributed by atoms with E-state index in [4.69, 9.17) is 12.2 Å². The lowest BCUT2D eigenvalue weighted by Gasteiger charge is -2.06. The summed E-state index contributed by atoms with van der Waals surface area (Å²) in [6.45, 7) is 4.19. The summed E-state index contributed by atoms with van der Waals surface area (Å²) in [6, 6.07) is 8.49. The number of nitrogens with one attached hydrogen (secondary N) is 1. The van der Waals surface area contributed by atoms with Gasteiger partial charge < -0.3 is 4.98 Å². The van der Waals surface area contributed by atoms with Crippen LogP contribution in [0.15, 0.2) is 30.5 Å². The van der Waals surface area contributed by atoms with Crippen LogP contribution in [0.5, 0.6) is 0 Å². The lowest BCUT2D eigenvalue weighted by molar-refractivity contribution is 1.10. The molecule has 0 atom stereocenters. The Kier molecular flexibility index (Phi) is 3.15. The van der Waals surface area contributed by atoms with E-state index in [0.717, 1.165) is 17.7 Å². The molecule has 1 aromatic carbocycles. The largest absolute Gasteiger partial charge is 0.330 e. The van der Waals surface area contributed by atoms with Gasteiger partial charge in [-0.15, -0.1) is 0 Å². The Balaban J connectivity index is 2.57. The van der Waals surface area contributed by atoms with Crippen molar-refractivity contribution < 1.29 is 0 Å². The van der Waals surface area contributed by atoms with Crippen molar-refractivity contribution in [2.24, 2.45) is 0 Å². The zero-order valence-corrected chi connectivity index (χ0v) is 10.3. The zero-order chi connectivity index (χ0) is 11.5. The summed E-state index contributed by atoms with van der Waals surface area (Å²) in [4.78, 5) is 7.21. The molecule has 2 rings (SSSR count). The van der Waals surface area contributed by atoms with Crippen molar-refractivity contribution in [2.45, 2.75) is 20.3 Å². The van der Waals surface area contributed by atoms with E-state index in [1.54, 1.807) is 0 Å². The Morgan fingerprint density at radius 2 is 2.19 bits per heavy atom. The SMILES string of the molecule is CCc1cccc(-c2[nH]c(=S)ncc2C)c1. The van der Waals surface area contributed by atoms with Crippen LogP contribution >= 0.6 is 12.2 Å². The maximum Gasteiger partial charge on any atom is 0.197 e. The molecule has 0 bridgehead atoms. The number of aromatic nitrogens is 2. The second kappa shape index (κ2) is 4.58. The Morgan fingerprint density at radius 3 is 2.94 bits per heavy atom. The molecule has 1 aromatic heterocycles. The lowest BCUT2D eigenvalue weighted by atomic mass is 10.0. The minimum absolute atomic E-state index is 0.530. The molecule has 0 saturated carbocycles. The number of hydrogen-bond acceptors (Lipinski definition) is 2. The van der Waals surface area contributed by atoms with Crippen LogP contribution in [0.4, 0.5) is 0 Å². The third-order valence-corrected chi connectivity index (χ3v) is 2.83. The van der Waals surface area contributed by atoms with E-state index in [-0.39, 0.29) is 0 Å². The van der Waals surface area contributed by atoms with Gasteiger partial charge in [-0.2, -0.15) is 0 Å². The fraction of sp³-hybridized carbons (Fsp3) is 0.231. The summed E-state index contributed by atoms with van der Waals surface area (Å²) < 4.78 is 0.530. The Morgan fingerprint density at radius 1 is 1.38 bits per heavy atom. The highest BCUT2D eigenvalue weighted by Crippen LogP contribution is 2.21. The van der Waals surface area contributed by atoms with E-state index >= 15 is 0 Å². The standard InChI is InChI=1S/C13H14N2S/c1-3-10-5-4-6-11(7-10)12-9(2)8-14-13(16)15-12/h4-8H,3H2,1-2H3,(H,14,15,16). The van der Waals surface area contributed by atoms with Gasteiger partial charge in [0.05, 0.1) is 5.69 Å². The minimum Gasteiger partial charge on any atom is -0.330 e. The van der Waals surface area contributed by atoms with Crippen molar-refractivity contribution in [3.05, 3.63) is 46.4 Å². The predicted molar refractivity (Wildman–Crippen MR) is 69.0 cm³/mol. The predicted octanol–water partition coefficient (Wildman–Crippen LogP) is 3.68. The number of rotatable bonds is 2. The Labute approximate surface area is 100 Å². The van der Waals surface area contributed by atoms with Gasteiger partial charge in [0.1, 0.15) is 0 Å².